The lowest BCUT2D eigenvalue weighted by Crippen LogP contribution is -2.45. The zero-order chi connectivity index (χ0) is 15.5. The van der Waals surface area contributed by atoms with Crippen molar-refractivity contribution < 1.29 is 19.5 Å². The summed E-state index contributed by atoms with van der Waals surface area (Å²) in [5, 5.41) is 16.2. The van der Waals surface area contributed by atoms with Crippen LogP contribution in [0.5, 0.6) is 0 Å². The Morgan fingerprint density at radius 1 is 1.10 bits per heavy atom. The average molecular weight is 287 g/mol. The molecular formula is C13H25N3O4. The van der Waals surface area contributed by atoms with Crippen LogP contribution in [0.2, 0.25) is 0 Å². The number of rotatable bonds is 9. The third kappa shape index (κ3) is 11.5. The van der Waals surface area contributed by atoms with E-state index in [4.69, 9.17) is 5.11 Å². The Kier molecular flexibility index (Phi) is 9.36. The number of carboxylic acid groups (broad SMARTS) is 1. The van der Waals surface area contributed by atoms with Crippen molar-refractivity contribution in [3.05, 3.63) is 0 Å². The largest absolute Gasteiger partial charge is 0.481 e. The molecule has 0 saturated carbocycles. The summed E-state index contributed by atoms with van der Waals surface area (Å²) in [6, 6.07) is -0.521. The van der Waals surface area contributed by atoms with E-state index in [1.165, 1.54) is 0 Å². The van der Waals surface area contributed by atoms with Gasteiger partial charge in [-0.1, -0.05) is 6.92 Å². The number of amides is 3. The fourth-order valence-corrected chi connectivity index (χ4v) is 1.53. The fourth-order valence-electron chi connectivity index (χ4n) is 1.53. The van der Waals surface area contributed by atoms with Crippen LogP contribution in [0.25, 0.3) is 0 Å². The van der Waals surface area contributed by atoms with Crippen LogP contribution >= 0.6 is 0 Å². The highest BCUT2D eigenvalue weighted by molar-refractivity contribution is 5.95. The van der Waals surface area contributed by atoms with Crippen LogP contribution in [0.1, 0.15) is 40.0 Å². The SMILES string of the molecule is CC(CCNCC(=O)NC(=O)NC(C)C)CCC(=O)O. The Balaban J connectivity index is 3.61. The van der Waals surface area contributed by atoms with Gasteiger partial charge in [-0.2, -0.15) is 0 Å². The molecule has 0 aromatic heterocycles. The van der Waals surface area contributed by atoms with E-state index in [9.17, 15) is 14.4 Å². The molecule has 0 spiro atoms. The van der Waals surface area contributed by atoms with Crippen LogP contribution in [0.15, 0.2) is 0 Å². The van der Waals surface area contributed by atoms with Gasteiger partial charge in [0.15, 0.2) is 0 Å². The number of carboxylic acids is 1. The molecule has 0 heterocycles. The van der Waals surface area contributed by atoms with Gasteiger partial charge in [-0.25, -0.2) is 4.79 Å². The van der Waals surface area contributed by atoms with Crippen LogP contribution < -0.4 is 16.0 Å². The number of hydrogen-bond acceptors (Lipinski definition) is 4. The maximum Gasteiger partial charge on any atom is 0.321 e. The summed E-state index contributed by atoms with van der Waals surface area (Å²) in [5.74, 6) is -0.896. The van der Waals surface area contributed by atoms with Gasteiger partial charge in [0, 0.05) is 12.5 Å². The van der Waals surface area contributed by atoms with E-state index >= 15 is 0 Å². The average Bonchev–Trinajstić information content (AvgIpc) is 2.30. The fraction of sp³-hybridized carbons (Fsp3) is 0.769. The van der Waals surface area contributed by atoms with Crippen molar-refractivity contribution in [2.45, 2.75) is 46.1 Å². The first-order valence-corrected chi connectivity index (χ1v) is 6.84. The van der Waals surface area contributed by atoms with Crippen molar-refractivity contribution in [3.8, 4) is 0 Å². The normalized spacial score (nSPS) is 12.0. The van der Waals surface area contributed by atoms with E-state index in [0.717, 1.165) is 6.42 Å². The third-order valence-electron chi connectivity index (χ3n) is 2.62. The first kappa shape index (κ1) is 18.4. The highest BCUT2D eigenvalue weighted by Gasteiger charge is 2.09. The molecule has 116 valence electrons. The van der Waals surface area contributed by atoms with Gasteiger partial charge in [0.1, 0.15) is 0 Å². The minimum absolute atomic E-state index is 0.0224. The summed E-state index contributed by atoms with van der Waals surface area (Å²) < 4.78 is 0. The lowest BCUT2D eigenvalue weighted by Gasteiger charge is -2.11. The second-order valence-corrected chi connectivity index (χ2v) is 5.18. The molecule has 7 heteroatoms. The lowest BCUT2D eigenvalue weighted by atomic mass is 10.0. The minimum Gasteiger partial charge on any atom is -0.481 e. The third-order valence-corrected chi connectivity index (χ3v) is 2.62. The smallest absolute Gasteiger partial charge is 0.321 e. The van der Waals surface area contributed by atoms with Crippen molar-refractivity contribution >= 4 is 17.9 Å². The van der Waals surface area contributed by atoms with Gasteiger partial charge in [-0.05, 0) is 39.2 Å². The molecule has 20 heavy (non-hydrogen) atoms. The Labute approximate surface area is 119 Å². The van der Waals surface area contributed by atoms with E-state index in [-0.39, 0.29) is 30.8 Å². The highest BCUT2D eigenvalue weighted by Crippen LogP contribution is 2.08. The summed E-state index contributed by atoms with van der Waals surface area (Å²) in [6.45, 7) is 6.26. The van der Waals surface area contributed by atoms with E-state index in [0.29, 0.717) is 13.0 Å². The molecule has 0 aromatic rings. The number of hydrogen-bond donors (Lipinski definition) is 4. The molecule has 0 aliphatic rings. The molecule has 1 unspecified atom stereocenters. The van der Waals surface area contributed by atoms with Crippen LogP contribution in [-0.2, 0) is 9.59 Å². The predicted molar refractivity (Wildman–Crippen MR) is 75.3 cm³/mol. The molecule has 4 N–H and O–H groups in total. The van der Waals surface area contributed by atoms with Gasteiger partial charge in [-0.3, -0.25) is 14.9 Å². The first-order chi connectivity index (χ1) is 9.31. The molecular weight excluding hydrogens is 262 g/mol. The molecule has 0 bridgehead atoms. The molecule has 0 saturated heterocycles. The van der Waals surface area contributed by atoms with E-state index < -0.39 is 12.0 Å². The summed E-state index contributed by atoms with van der Waals surface area (Å²) in [5.41, 5.74) is 0. The molecule has 0 radical (unpaired) electrons. The first-order valence-electron chi connectivity index (χ1n) is 6.84. The monoisotopic (exact) mass is 287 g/mol. The number of carbonyl (C=O) groups excluding carboxylic acids is 2. The topological polar surface area (TPSA) is 108 Å². The summed E-state index contributed by atoms with van der Waals surface area (Å²) in [7, 11) is 0. The van der Waals surface area contributed by atoms with Crippen molar-refractivity contribution in [1.82, 2.24) is 16.0 Å². The Morgan fingerprint density at radius 3 is 2.30 bits per heavy atom. The van der Waals surface area contributed by atoms with E-state index in [1.807, 2.05) is 6.92 Å². The zero-order valence-corrected chi connectivity index (χ0v) is 12.4. The number of carbonyl (C=O) groups is 3. The van der Waals surface area contributed by atoms with Gasteiger partial charge in [0.2, 0.25) is 5.91 Å². The molecule has 7 nitrogen and oxygen atoms in total. The Bertz CT molecular complexity index is 332. The number of urea groups is 1. The molecule has 0 fully saturated rings. The molecule has 0 aliphatic heterocycles. The van der Waals surface area contributed by atoms with Crippen molar-refractivity contribution in [1.29, 1.82) is 0 Å². The van der Waals surface area contributed by atoms with Gasteiger partial charge >= 0.3 is 12.0 Å². The van der Waals surface area contributed by atoms with E-state index in [2.05, 4.69) is 16.0 Å². The molecule has 0 aliphatic carbocycles. The van der Waals surface area contributed by atoms with Crippen LogP contribution in [0.4, 0.5) is 4.79 Å². The van der Waals surface area contributed by atoms with Gasteiger partial charge < -0.3 is 15.7 Å². The molecule has 3 amide bonds. The summed E-state index contributed by atoms with van der Waals surface area (Å²) >= 11 is 0. The number of imide groups is 1. The Morgan fingerprint density at radius 2 is 1.75 bits per heavy atom. The van der Waals surface area contributed by atoms with Crippen molar-refractivity contribution in [3.63, 3.8) is 0 Å². The second-order valence-electron chi connectivity index (χ2n) is 5.18. The summed E-state index contributed by atoms with van der Waals surface area (Å²) in [4.78, 5) is 33.0. The Hall–Kier alpha value is -1.63. The van der Waals surface area contributed by atoms with Crippen LogP contribution in [0.3, 0.4) is 0 Å². The quantitative estimate of drug-likeness (QED) is 0.467. The van der Waals surface area contributed by atoms with Crippen molar-refractivity contribution in [2.75, 3.05) is 13.1 Å². The minimum atomic E-state index is -0.791. The van der Waals surface area contributed by atoms with Crippen LogP contribution in [-0.4, -0.2) is 42.1 Å². The van der Waals surface area contributed by atoms with E-state index in [1.54, 1.807) is 13.8 Å². The number of nitrogens with one attached hydrogen (secondary N) is 3. The summed E-state index contributed by atoms with van der Waals surface area (Å²) in [6.07, 6.45) is 1.58. The molecule has 0 rings (SSSR count). The van der Waals surface area contributed by atoms with Gasteiger partial charge in [0.25, 0.3) is 0 Å². The highest BCUT2D eigenvalue weighted by atomic mass is 16.4. The van der Waals surface area contributed by atoms with Gasteiger partial charge in [0.05, 0.1) is 6.54 Å². The number of aliphatic carboxylic acids is 1. The zero-order valence-electron chi connectivity index (χ0n) is 12.4. The maximum absolute atomic E-state index is 11.4. The lowest BCUT2D eigenvalue weighted by molar-refractivity contribution is -0.137. The second kappa shape index (κ2) is 10.2. The standard InChI is InChI=1S/C13H25N3O4/c1-9(2)15-13(20)16-11(17)8-14-7-6-10(3)4-5-12(18)19/h9-10,14H,4-8H2,1-3H3,(H,18,19)(H2,15,16,17,20). The predicted octanol–water partition coefficient (Wildman–Crippen LogP) is 0.701. The maximum atomic E-state index is 11.4. The van der Waals surface area contributed by atoms with Crippen LogP contribution in [0, 0.1) is 5.92 Å². The van der Waals surface area contributed by atoms with Crippen molar-refractivity contribution in [2.24, 2.45) is 5.92 Å². The molecule has 0 aromatic carbocycles. The molecule has 1 atom stereocenters. The van der Waals surface area contributed by atoms with Gasteiger partial charge in [-0.15, -0.1) is 0 Å².